The average molecular weight is 647 g/mol. The van der Waals surface area contributed by atoms with Crippen LogP contribution in [0.1, 0.15) is 45.3 Å². The fourth-order valence-corrected chi connectivity index (χ4v) is 9.22. The third-order valence-corrected chi connectivity index (χ3v) is 11.5. The molecule has 1 aromatic heterocycles. The van der Waals surface area contributed by atoms with Crippen LogP contribution in [0.2, 0.25) is 0 Å². The summed E-state index contributed by atoms with van der Waals surface area (Å²) < 4.78 is 6.96. The van der Waals surface area contributed by atoms with Gasteiger partial charge in [0.25, 0.3) is 0 Å². The zero-order valence-electron chi connectivity index (χ0n) is 26.6. The summed E-state index contributed by atoms with van der Waals surface area (Å²) >= 11 is 1.84. The molecule has 6 aromatic carbocycles. The first-order chi connectivity index (χ1) is 24.3. The molecule has 232 valence electrons. The van der Waals surface area contributed by atoms with Crippen LogP contribution in [0.3, 0.4) is 0 Å². The number of ether oxygens (including phenoxy) is 1. The van der Waals surface area contributed by atoms with Crippen LogP contribution in [0.5, 0.6) is 11.5 Å². The van der Waals surface area contributed by atoms with Gasteiger partial charge >= 0.3 is 0 Å². The monoisotopic (exact) mass is 646 g/mol. The molecule has 0 radical (unpaired) electrons. The van der Waals surface area contributed by atoms with E-state index in [9.17, 15) is 0 Å². The Hall–Kier alpha value is -5.71. The summed E-state index contributed by atoms with van der Waals surface area (Å²) in [6.45, 7) is 0. The SMILES string of the molecule is C1=C(c2nc(-c3ccccc3)cc(-c3ccccc3)n2)SC(c2cccc3c2Oc2ccccc2C32c3ccccc3-c3ccccc32)C1. The number of aromatic nitrogens is 2. The minimum absolute atomic E-state index is 0.156. The van der Waals surface area contributed by atoms with Gasteiger partial charge in [0, 0.05) is 38.0 Å². The van der Waals surface area contributed by atoms with Crippen molar-refractivity contribution in [3.05, 3.63) is 197 Å². The summed E-state index contributed by atoms with van der Waals surface area (Å²) in [6.07, 6.45) is 3.17. The van der Waals surface area contributed by atoms with Gasteiger partial charge in [-0.25, -0.2) is 9.97 Å². The van der Waals surface area contributed by atoms with Gasteiger partial charge in [0.15, 0.2) is 5.82 Å². The maximum Gasteiger partial charge on any atom is 0.166 e. The lowest BCUT2D eigenvalue weighted by Gasteiger charge is -2.40. The van der Waals surface area contributed by atoms with Crippen molar-refractivity contribution in [2.75, 3.05) is 0 Å². The molecule has 0 amide bonds. The highest BCUT2D eigenvalue weighted by Gasteiger charge is 2.51. The second-order valence-electron chi connectivity index (χ2n) is 12.8. The molecule has 3 aliphatic rings. The minimum Gasteiger partial charge on any atom is -0.456 e. The summed E-state index contributed by atoms with van der Waals surface area (Å²) in [4.78, 5) is 11.4. The zero-order valence-corrected chi connectivity index (χ0v) is 27.4. The lowest BCUT2D eigenvalue weighted by Crippen LogP contribution is -2.32. The first-order valence-corrected chi connectivity index (χ1v) is 17.6. The molecule has 0 fully saturated rings. The molecule has 7 aromatic rings. The highest BCUT2D eigenvalue weighted by atomic mass is 32.2. The molecule has 0 bridgehead atoms. The van der Waals surface area contributed by atoms with E-state index in [2.05, 4.69) is 152 Å². The Morgan fingerprint density at radius 3 is 1.76 bits per heavy atom. The summed E-state index contributed by atoms with van der Waals surface area (Å²) in [7, 11) is 0. The fourth-order valence-electron chi connectivity index (χ4n) is 8.02. The molecule has 1 spiro atoms. The summed E-state index contributed by atoms with van der Waals surface area (Å²) in [5, 5.41) is 0.156. The predicted octanol–water partition coefficient (Wildman–Crippen LogP) is 11.5. The third kappa shape index (κ3) is 4.30. The third-order valence-electron chi connectivity index (χ3n) is 10.1. The Bertz CT molecular complexity index is 2330. The first-order valence-electron chi connectivity index (χ1n) is 16.8. The van der Waals surface area contributed by atoms with Crippen molar-refractivity contribution in [1.82, 2.24) is 9.97 Å². The predicted molar refractivity (Wildman–Crippen MR) is 200 cm³/mol. The Balaban J connectivity index is 1.09. The summed E-state index contributed by atoms with van der Waals surface area (Å²) in [6, 6.07) is 56.0. The molecule has 10 rings (SSSR count). The second-order valence-corrected chi connectivity index (χ2v) is 14.0. The van der Waals surface area contributed by atoms with E-state index >= 15 is 0 Å². The average Bonchev–Trinajstić information content (AvgIpc) is 3.78. The topological polar surface area (TPSA) is 35.0 Å². The molecule has 3 heterocycles. The van der Waals surface area contributed by atoms with Crippen molar-refractivity contribution in [3.8, 4) is 45.1 Å². The molecule has 0 saturated carbocycles. The largest absolute Gasteiger partial charge is 0.456 e. The van der Waals surface area contributed by atoms with E-state index < -0.39 is 5.41 Å². The van der Waals surface area contributed by atoms with Gasteiger partial charge in [-0.05, 0) is 40.8 Å². The molecule has 4 heteroatoms. The van der Waals surface area contributed by atoms with Gasteiger partial charge < -0.3 is 4.74 Å². The van der Waals surface area contributed by atoms with E-state index in [0.29, 0.717) is 0 Å². The van der Waals surface area contributed by atoms with Crippen LogP contribution >= 0.6 is 11.8 Å². The van der Waals surface area contributed by atoms with Crippen molar-refractivity contribution >= 4 is 16.7 Å². The number of hydrogen-bond acceptors (Lipinski definition) is 4. The normalized spacial score (nSPS) is 16.2. The van der Waals surface area contributed by atoms with Crippen LogP contribution < -0.4 is 4.74 Å². The highest BCUT2D eigenvalue weighted by Crippen LogP contribution is 2.63. The van der Waals surface area contributed by atoms with Crippen molar-refractivity contribution in [3.63, 3.8) is 0 Å². The number of allylic oxidation sites excluding steroid dienone is 1. The van der Waals surface area contributed by atoms with Gasteiger partial charge in [-0.15, -0.1) is 11.8 Å². The number of nitrogens with zero attached hydrogens (tertiary/aromatic N) is 2. The maximum absolute atomic E-state index is 6.96. The Labute approximate surface area is 290 Å². The maximum atomic E-state index is 6.96. The first kappa shape index (κ1) is 28.3. The van der Waals surface area contributed by atoms with Crippen molar-refractivity contribution in [1.29, 1.82) is 0 Å². The van der Waals surface area contributed by atoms with Gasteiger partial charge in [0.2, 0.25) is 0 Å². The van der Waals surface area contributed by atoms with Gasteiger partial charge in [0.1, 0.15) is 11.5 Å². The van der Waals surface area contributed by atoms with Crippen LogP contribution in [0.4, 0.5) is 0 Å². The van der Waals surface area contributed by atoms with Gasteiger partial charge in [0.05, 0.1) is 16.8 Å². The molecule has 3 nitrogen and oxygen atoms in total. The van der Waals surface area contributed by atoms with Crippen LogP contribution in [0.15, 0.2) is 164 Å². The quantitative estimate of drug-likeness (QED) is 0.191. The Morgan fingerprint density at radius 2 is 1.10 bits per heavy atom. The van der Waals surface area contributed by atoms with Crippen LogP contribution in [0.25, 0.3) is 38.5 Å². The number of thioether (sulfide) groups is 1. The molecular formula is C45H30N2OS. The number of benzene rings is 6. The zero-order chi connectivity index (χ0) is 32.4. The summed E-state index contributed by atoms with van der Waals surface area (Å²) in [5.74, 6) is 2.64. The second kappa shape index (κ2) is 11.2. The van der Waals surface area contributed by atoms with Crippen molar-refractivity contribution < 1.29 is 4.74 Å². The van der Waals surface area contributed by atoms with E-state index in [1.54, 1.807) is 0 Å². The van der Waals surface area contributed by atoms with E-state index in [4.69, 9.17) is 14.7 Å². The van der Waals surface area contributed by atoms with Crippen molar-refractivity contribution in [2.24, 2.45) is 0 Å². The Kier molecular flexibility index (Phi) is 6.46. The molecule has 1 atom stereocenters. The van der Waals surface area contributed by atoms with E-state index in [-0.39, 0.29) is 5.25 Å². The Morgan fingerprint density at radius 1 is 0.551 bits per heavy atom. The van der Waals surface area contributed by atoms with Gasteiger partial charge in [-0.2, -0.15) is 0 Å². The minimum atomic E-state index is -0.468. The van der Waals surface area contributed by atoms with Gasteiger partial charge in [-0.3, -0.25) is 0 Å². The van der Waals surface area contributed by atoms with Crippen molar-refractivity contribution in [2.45, 2.75) is 17.1 Å². The number of fused-ring (bicyclic) bond motifs is 9. The van der Waals surface area contributed by atoms with Crippen LogP contribution in [0, 0.1) is 0 Å². The van der Waals surface area contributed by atoms with Crippen LogP contribution in [-0.4, -0.2) is 9.97 Å². The molecule has 2 aliphatic heterocycles. The molecule has 1 aliphatic carbocycles. The standard InChI is InChI=1S/C45H30N2OS/c1-3-14-29(15-4-1)38-28-39(30-16-5-2-6-17-30)47-44(46-38)42-27-26-41(49-42)33-20-13-24-37-43(33)48-40-25-12-11-23-36(40)45(37)34-21-9-7-18-31(34)32-19-8-10-22-35(32)45/h1-25,27-28,41H,26H2. The number of para-hydroxylation sites is 2. The lowest BCUT2D eigenvalue weighted by atomic mass is 9.65. The van der Waals surface area contributed by atoms with E-state index in [0.717, 1.165) is 51.2 Å². The number of hydrogen-bond donors (Lipinski definition) is 0. The fraction of sp³-hybridized carbons (Fsp3) is 0.0667. The van der Waals surface area contributed by atoms with E-state index in [1.807, 2.05) is 23.9 Å². The highest BCUT2D eigenvalue weighted by molar-refractivity contribution is 8.08. The van der Waals surface area contributed by atoms with Crippen LogP contribution in [-0.2, 0) is 5.41 Å². The molecule has 0 N–H and O–H groups in total. The van der Waals surface area contributed by atoms with E-state index in [1.165, 1.54) is 38.9 Å². The molecular weight excluding hydrogens is 617 g/mol. The molecule has 0 saturated heterocycles. The molecule has 1 unspecified atom stereocenters. The van der Waals surface area contributed by atoms with Gasteiger partial charge in [-0.1, -0.05) is 152 Å². The lowest BCUT2D eigenvalue weighted by molar-refractivity contribution is 0.430. The molecule has 49 heavy (non-hydrogen) atoms. The smallest absolute Gasteiger partial charge is 0.166 e. The number of rotatable bonds is 4. The summed E-state index contributed by atoms with van der Waals surface area (Å²) in [5.41, 5.74) is 12.3.